The number of rotatable bonds is 10. The lowest BCUT2D eigenvalue weighted by atomic mass is 10.1. The van der Waals surface area contributed by atoms with E-state index in [2.05, 4.69) is 39.2 Å². The number of nitrogens with one attached hydrogen (secondary N) is 1. The Morgan fingerprint density at radius 1 is 1.03 bits per heavy atom. The van der Waals surface area contributed by atoms with Crippen LogP contribution in [0.1, 0.15) is 38.0 Å². The molecule has 0 radical (unpaired) electrons. The minimum atomic E-state index is -1.88. The SMILES string of the molecule is CC(C)(C)[Si](C)(C)Oc1ccc(Nc2ccc(CCN(C[C@@H](O)c3cccc(Cl)c3)C(=O)O)cc2)cc1. The third-order valence-corrected chi connectivity index (χ3v) is 11.4. The summed E-state index contributed by atoms with van der Waals surface area (Å²) in [5.41, 5.74) is 3.50. The number of hydrogen-bond acceptors (Lipinski definition) is 4. The third-order valence-electron chi connectivity index (χ3n) is 6.84. The van der Waals surface area contributed by atoms with E-state index in [-0.39, 0.29) is 18.1 Å². The molecule has 0 aliphatic rings. The lowest BCUT2D eigenvalue weighted by molar-refractivity contribution is 0.0973. The van der Waals surface area contributed by atoms with Gasteiger partial charge in [-0.3, -0.25) is 0 Å². The molecule has 8 heteroatoms. The van der Waals surface area contributed by atoms with Gasteiger partial charge in [0.05, 0.1) is 12.6 Å². The van der Waals surface area contributed by atoms with E-state index in [0.717, 1.165) is 22.7 Å². The Kier molecular flexibility index (Phi) is 9.29. The van der Waals surface area contributed by atoms with Crippen LogP contribution in [0.3, 0.4) is 0 Å². The van der Waals surface area contributed by atoms with Crippen LogP contribution in [0.5, 0.6) is 5.75 Å². The highest BCUT2D eigenvalue weighted by molar-refractivity contribution is 6.74. The average Bonchev–Trinajstić information content (AvgIpc) is 2.82. The lowest BCUT2D eigenvalue weighted by Crippen LogP contribution is -2.43. The molecule has 0 saturated heterocycles. The largest absolute Gasteiger partial charge is 0.544 e. The van der Waals surface area contributed by atoms with Crippen molar-refractivity contribution < 1.29 is 19.4 Å². The van der Waals surface area contributed by atoms with Crippen molar-refractivity contribution in [3.8, 4) is 5.75 Å². The van der Waals surface area contributed by atoms with Gasteiger partial charge in [-0.05, 0) is 84.2 Å². The van der Waals surface area contributed by atoms with Gasteiger partial charge in [0, 0.05) is 22.9 Å². The summed E-state index contributed by atoms with van der Waals surface area (Å²) in [6.07, 6.45) is -1.48. The van der Waals surface area contributed by atoms with Gasteiger partial charge in [-0.25, -0.2) is 4.79 Å². The third kappa shape index (κ3) is 8.25. The van der Waals surface area contributed by atoms with Crippen LogP contribution in [0.25, 0.3) is 0 Å². The number of halogens is 1. The number of aliphatic hydroxyl groups is 1. The first-order valence-electron chi connectivity index (χ1n) is 12.4. The molecule has 1 atom stereocenters. The summed E-state index contributed by atoms with van der Waals surface area (Å²) in [5.74, 6) is 0.885. The number of carbonyl (C=O) groups is 1. The van der Waals surface area contributed by atoms with Crippen LogP contribution in [0.15, 0.2) is 72.8 Å². The smallest absolute Gasteiger partial charge is 0.407 e. The molecule has 0 spiro atoms. The molecule has 3 aromatic rings. The van der Waals surface area contributed by atoms with Crippen LogP contribution in [0, 0.1) is 0 Å². The predicted octanol–water partition coefficient (Wildman–Crippen LogP) is 7.72. The van der Waals surface area contributed by atoms with Crippen LogP contribution in [-0.4, -0.2) is 42.6 Å². The molecule has 3 aromatic carbocycles. The number of carboxylic acid groups (broad SMARTS) is 1. The molecule has 37 heavy (non-hydrogen) atoms. The monoisotopic (exact) mass is 540 g/mol. The Morgan fingerprint density at radius 2 is 1.62 bits per heavy atom. The van der Waals surface area contributed by atoms with Gasteiger partial charge < -0.3 is 24.9 Å². The van der Waals surface area contributed by atoms with Gasteiger partial charge in [0.25, 0.3) is 0 Å². The Balaban J connectivity index is 1.54. The summed E-state index contributed by atoms with van der Waals surface area (Å²) in [5, 5.41) is 24.1. The highest BCUT2D eigenvalue weighted by Gasteiger charge is 2.38. The minimum Gasteiger partial charge on any atom is -0.544 e. The molecular formula is C29H37ClN2O4Si. The summed E-state index contributed by atoms with van der Waals surface area (Å²) in [4.78, 5) is 13.0. The second kappa shape index (κ2) is 12.0. The van der Waals surface area contributed by atoms with E-state index < -0.39 is 20.5 Å². The Labute approximate surface area is 226 Å². The van der Waals surface area contributed by atoms with Crippen molar-refractivity contribution in [1.29, 1.82) is 0 Å². The first kappa shape index (κ1) is 28.6. The van der Waals surface area contributed by atoms with Gasteiger partial charge in [-0.15, -0.1) is 0 Å². The zero-order chi connectivity index (χ0) is 27.2. The van der Waals surface area contributed by atoms with Crippen LogP contribution in [0.4, 0.5) is 16.2 Å². The highest BCUT2D eigenvalue weighted by Crippen LogP contribution is 2.37. The Hall–Kier alpha value is -3.00. The normalized spacial score (nSPS) is 12.6. The molecule has 198 valence electrons. The molecule has 0 saturated carbocycles. The molecule has 0 unspecified atom stereocenters. The minimum absolute atomic E-state index is 0.0234. The van der Waals surface area contributed by atoms with Crippen molar-refractivity contribution in [3.63, 3.8) is 0 Å². The summed E-state index contributed by atoms with van der Waals surface area (Å²) >= 11 is 5.99. The molecule has 3 N–H and O–H groups in total. The molecule has 0 fully saturated rings. The molecular weight excluding hydrogens is 504 g/mol. The molecule has 1 amide bonds. The first-order chi connectivity index (χ1) is 17.3. The van der Waals surface area contributed by atoms with Crippen molar-refractivity contribution >= 4 is 37.4 Å². The number of nitrogens with zero attached hydrogens (tertiary/aromatic N) is 1. The van der Waals surface area contributed by atoms with Crippen molar-refractivity contribution in [3.05, 3.63) is 88.9 Å². The van der Waals surface area contributed by atoms with E-state index in [9.17, 15) is 15.0 Å². The zero-order valence-corrected chi connectivity index (χ0v) is 23.9. The molecule has 0 bridgehead atoms. The van der Waals surface area contributed by atoms with Crippen LogP contribution < -0.4 is 9.74 Å². The maximum absolute atomic E-state index is 11.7. The van der Waals surface area contributed by atoms with Crippen LogP contribution >= 0.6 is 11.6 Å². The molecule has 0 aliphatic carbocycles. The van der Waals surface area contributed by atoms with E-state index >= 15 is 0 Å². The van der Waals surface area contributed by atoms with Gasteiger partial charge >= 0.3 is 6.09 Å². The van der Waals surface area contributed by atoms with Crippen molar-refractivity contribution in [2.24, 2.45) is 0 Å². The van der Waals surface area contributed by atoms with Crippen LogP contribution in [-0.2, 0) is 6.42 Å². The van der Waals surface area contributed by atoms with Gasteiger partial charge in [0.1, 0.15) is 5.75 Å². The molecule has 0 heterocycles. The van der Waals surface area contributed by atoms with Crippen molar-refractivity contribution in [2.75, 3.05) is 18.4 Å². The van der Waals surface area contributed by atoms with Crippen molar-refractivity contribution in [2.45, 2.75) is 51.4 Å². The quantitative estimate of drug-likeness (QED) is 0.229. The molecule has 0 aliphatic heterocycles. The number of anilines is 2. The highest BCUT2D eigenvalue weighted by atomic mass is 35.5. The topological polar surface area (TPSA) is 82.0 Å². The standard InChI is InChI=1S/C29H37ClN2O4Si/c1-29(2,3)37(4,5)36-26-15-13-25(14-16-26)31-24-11-9-21(10-12-24)17-18-32(28(34)35)20-27(33)22-7-6-8-23(30)19-22/h6-16,19,27,31,33H,17-18,20H2,1-5H3,(H,34,35)/t27-/m1/s1. The summed E-state index contributed by atoms with van der Waals surface area (Å²) < 4.78 is 6.35. The predicted molar refractivity (Wildman–Crippen MR) is 154 cm³/mol. The average molecular weight is 541 g/mol. The Morgan fingerprint density at radius 3 is 2.16 bits per heavy atom. The van der Waals surface area contributed by atoms with E-state index in [1.807, 2.05) is 48.5 Å². The first-order valence-corrected chi connectivity index (χ1v) is 15.7. The number of aliphatic hydroxyl groups excluding tert-OH is 1. The molecule has 3 rings (SSSR count). The number of benzene rings is 3. The maximum Gasteiger partial charge on any atom is 0.407 e. The molecule has 0 aromatic heterocycles. The van der Waals surface area contributed by atoms with E-state index in [1.54, 1.807) is 24.3 Å². The van der Waals surface area contributed by atoms with E-state index in [0.29, 0.717) is 17.0 Å². The van der Waals surface area contributed by atoms with E-state index in [1.165, 1.54) is 4.90 Å². The van der Waals surface area contributed by atoms with Gasteiger partial charge in [0.15, 0.2) is 0 Å². The van der Waals surface area contributed by atoms with Crippen LogP contribution in [0.2, 0.25) is 23.2 Å². The van der Waals surface area contributed by atoms with E-state index in [4.69, 9.17) is 16.0 Å². The van der Waals surface area contributed by atoms with Gasteiger partial charge in [-0.2, -0.15) is 0 Å². The number of hydrogen-bond donors (Lipinski definition) is 3. The summed E-state index contributed by atoms with van der Waals surface area (Å²) in [6, 6.07) is 22.7. The van der Waals surface area contributed by atoms with Crippen molar-refractivity contribution in [1.82, 2.24) is 4.90 Å². The second-order valence-corrected chi connectivity index (χ2v) is 15.9. The lowest BCUT2D eigenvalue weighted by Gasteiger charge is -2.36. The van der Waals surface area contributed by atoms with Gasteiger partial charge in [0.2, 0.25) is 8.32 Å². The summed E-state index contributed by atoms with van der Waals surface area (Å²) in [6.45, 7) is 11.4. The fraction of sp³-hybridized carbons (Fsp3) is 0.345. The second-order valence-electron chi connectivity index (χ2n) is 10.8. The van der Waals surface area contributed by atoms with Gasteiger partial charge in [-0.1, -0.05) is 56.6 Å². The molecule has 6 nitrogen and oxygen atoms in total. The fourth-order valence-electron chi connectivity index (χ4n) is 3.53. The maximum atomic E-state index is 11.7. The Bertz CT molecular complexity index is 1180. The fourth-order valence-corrected chi connectivity index (χ4v) is 4.76. The summed E-state index contributed by atoms with van der Waals surface area (Å²) in [7, 11) is -1.88. The number of amides is 1. The zero-order valence-electron chi connectivity index (χ0n) is 22.2.